The third kappa shape index (κ3) is 4.89. The van der Waals surface area contributed by atoms with E-state index < -0.39 is 0 Å². The number of ether oxygens (including phenoxy) is 1. The highest BCUT2D eigenvalue weighted by atomic mass is 16.5. The summed E-state index contributed by atoms with van der Waals surface area (Å²) in [7, 11) is 0. The Labute approximate surface area is 197 Å². The fourth-order valence-electron chi connectivity index (χ4n) is 3.97. The molecule has 1 aliphatic rings. The molecule has 4 aromatic rings. The Bertz CT molecular complexity index is 1330. The van der Waals surface area contributed by atoms with Gasteiger partial charge in [0.1, 0.15) is 0 Å². The number of benzene rings is 3. The first-order chi connectivity index (χ1) is 16.7. The average molecular weight is 452 g/mol. The lowest BCUT2D eigenvalue weighted by Crippen LogP contribution is -2.18. The van der Waals surface area contributed by atoms with E-state index in [-0.39, 0.29) is 5.91 Å². The smallest absolute Gasteiger partial charge is 0.247 e. The van der Waals surface area contributed by atoms with Crippen molar-refractivity contribution in [2.75, 3.05) is 29.2 Å². The number of carbonyl (C=O) groups excluding carboxylic acids is 1. The van der Waals surface area contributed by atoms with Crippen LogP contribution >= 0.6 is 0 Å². The van der Waals surface area contributed by atoms with Crippen LogP contribution in [0.4, 0.5) is 23.0 Å². The molecule has 3 N–H and O–H groups in total. The molecule has 7 nitrogen and oxygen atoms in total. The molecule has 0 radical (unpaired) electrons. The van der Waals surface area contributed by atoms with Gasteiger partial charge in [-0.25, -0.2) is 9.97 Å². The van der Waals surface area contributed by atoms with Crippen LogP contribution in [0.5, 0.6) is 0 Å². The maximum absolute atomic E-state index is 11.7. The molecule has 1 aliphatic heterocycles. The van der Waals surface area contributed by atoms with Crippen LogP contribution in [0.15, 0.2) is 85.6 Å². The fourth-order valence-corrected chi connectivity index (χ4v) is 3.97. The lowest BCUT2D eigenvalue weighted by molar-refractivity contribution is -0.111. The summed E-state index contributed by atoms with van der Waals surface area (Å²) in [5.41, 5.74) is 5.39. The number of rotatable bonds is 7. The van der Waals surface area contributed by atoms with Crippen molar-refractivity contribution >= 4 is 39.8 Å². The summed E-state index contributed by atoms with van der Waals surface area (Å²) in [4.78, 5) is 21.0. The summed E-state index contributed by atoms with van der Waals surface area (Å²) < 4.78 is 5.42. The molecule has 1 amide bonds. The third-order valence-electron chi connectivity index (χ3n) is 5.68. The first-order valence-corrected chi connectivity index (χ1v) is 11.2. The van der Waals surface area contributed by atoms with Crippen LogP contribution in [0.2, 0.25) is 0 Å². The first kappa shape index (κ1) is 21.6. The Morgan fingerprint density at radius 2 is 1.85 bits per heavy atom. The van der Waals surface area contributed by atoms with E-state index in [2.05, 4.69) is 27.5 Å². The van der Waals surface area contributed by atoms with Gasteiger partial charge in [0.2, 0.25) is 11.9 Å². The molecule has 7 heteroatoms. The first-order valence-electron chi connectivity index (χ1n) is 11.2. The number of aromatic nitrogens is 2. The number of carbonyl (C=O) groups is 1. The molecule has 0 aliphatic carbocycles. The van der Waals surface area contributed by atoms with Crippen molar-refractivity contribution in [3.63, 3.8) is 0 Å². The van der Waals surface area contributed by atoms with Crippen LogP contribution in [0.1, 0.15) is 6.42 Å². The highest BCUT2D eigenvalue weighted by Crippen LogP contribution is 2.30. The molecule has 34 heavy (non-hydrogen) atoms. The zero-order valence-electron chi connectivity index (χ0n) is 18.6. The van der Waals surface area contributed by atoms with Gasteiger partial charge in [-0.05, 0) is 54.5 Å². The van der Waals surface area contributed by atoms with Crippen molar-refractivity contribution in [1.29, 1.82) is 0 Å². The second-order valence-corrected chi connectivity index (χ2v) is 8.12. The van der Waals surface area contributed by atoms with E-state index in [1.807, 2.05) is 72.9 Å². The quantitative estimate of drug-likeness (QED) is 0.328. The van der Waals surface area contributed by atoms with E-state index in [4.69, 9.17) is 9.72 Å². The minimum Gasteiger partial charge on any atom is -0.380 e. The number of hydrogen-bond acceptors (Lipinski definition) is 6. The van der Waals surface area contributed by atoms with E-state index in [9.17, 15) is 4.79 Å². The average Bonchev–Trinajstić information content (AvgIpc) is 3.38. The van der Waals surface area contributed by atoms with Gasteiger partial charge in [0, 0.05) is 40.8 Å². The minimum atomic E-state index is -0.248. The highest BCUT2D eigenvalue weighted by molar-refractivity contribution is 6.00. The highest BCUT2D eigenvalue weighted by Gasteiger charge is 2.15. The Hall–Kier alpha value is -4.23. The molecule has 170 valence electrons. The molecule has 0 spiro atoms. The lowest BCUT2D eigenvalue weighted by Gasteiger charge is -2.13. The van der Waals surface area contributed by atoms with Crippen LogP contribution < -0.4 is 16.0 Å². The Balaban J connectivity index is 1.39. The monoisotopic (exact) mass is 451 g/mol. The summed E-state index contributed by atoms with van der Waals surface area (Å²) in [5, 5.41) is 10.5. The fraction of sp³-hybridized carbons (Fsp3) is 0.148. The maximum atomic E-state index is 11.7. The van der Waals surface area contributed by atoms with Crippen molar-refractivity contribution in [2.45, 2.75) is 12.5 Å². The van der Waals surface area contributed by atoms with Crippen LogP contribution in [-0.4, -0.2) is 35.1 Å². The number of para-hydroxylation sites is 1. The SMILES string of the molecule is C=CC(=O)Nc1cccc(-c2cccc3cnc(Nc4ccc(N[C@@H]5CCOC5)cc4)nc23)c1. The predicted octanol–water partition coefficient (Wildman–Crippen LogP) is 5.37. The molecule has 5 rings (SSSR count). The van der Waals surface area contributed by atoms with E-state index in [1.54, 1.807) is 0 Å². The number of hydrogen-bond donors (Lipinski definition) is 3. The largest absolute Gasteiger partial charge is 0.380 e. The standard InChI is InChI=1S/C27H25N5O2/c1-2-25(33)30-22-7-3-5-18(15-22)24-8-4-6-19-16-28-27(32-26(19)24)31-21-11-9-20(10-12-21)29-23-13-14-34-17-23/h2-12,15-16,23,29H,1,13-14,17H2,(H,30,33)(H,28,31,32)/t23-/m1/s1. The number of anilines is 4. The maximum Gasteiger partial charge on any atom is 0.247 e. The van der Waals surface area contributed by atoms with Crippen molar-refractivity contribution in [3.8, 4) is 11.1 Å². The van der Waals surface area contributed by atoms with Gasteiger partial charge in [-0.2, -0.15) is 0 Å². The van der Waals surface area contributed by atoms with Crippen molar-refractivity contribution in [2.24, 2.45) is 0 Å². The summed E-state index contributed by atoms with van der Waals surface area (Å²) in [6.45, 7) is 5.06. The molecule has 1 atom stereocenters. The van der Waals surface area contributed by atoms with E-state index in [1.165, 1.54) is 6.08 Å². The topological polar surface area (TPSA) is 88.2 Å². The molecular weight excluding hydrogens is 426 g/mol. The van der Waals surface area contributed by atoms with Crippen molar-refractivity contribution in [1.82, 2.24) is 9.97 Å². The summed E-state index contributed by atoms with van der Waals surface area (Å²) in [6.07, 6.45) is 4.09. The minimum absolute atomic E-state index is 0.248. The van der Waals surface area contributed by atoms with Crippen LogP contribution in [0, 0.1) is 0 Å². The van der Waals surface area contributed by atoms with E-state index in [0.29, 0.717) is 17.7 Å². The molecule has 1 saturated heterocycles. The van der Waals surface area contributed by atoms with Gasteiger partial charge in [0.25, 0.3) is 0 Å². The van der Waals surface area contributed by atoms with Crippen molar-refractivity contribution in [3.05, 3.63) is 85.6 Å². The van der Waals surface area contributed by atoms with Gasteiger partial charge in [-0.15, -0.1) is 0 Å². The second kappa shape index (κ2) is 9.72. The van der Waals surface area contributed by atoms with Gasteiger partial charge >= 0.3 is 0 Å². The zero-order valence-corrected chi connectivity index (χ0v) is 18.6. The molecule has 2 heterocycles. The Kier molecular flexibility index (Phi) is 6.18. The Morgan fingerprint density at radius 3 is 2.65 bits per heavy atom. The number of fused-ring (bicyclic) bond motifs is 1. The normalized spacial score (nSPS) is 15.1. The molecule has 3 aromatic carbocycles. The predicted molar refractivity (Wildman–Crippen MR) is 136 cm³/mol. The van der Waals surface area contributed by atoms with Gasteiger partial charge in [-0.1, -0.05) is 36.9 Å². The molecule has 0 bridgehead atoms. The second-order valence-electron chi connectivity index (χ2n) is 8.12. The summed E-state index contributed by atoms with van der Waals surface area (Å²) >= 11 is 0. The van der Waals surface area contributed by atoms with Crippen LogP contribution in [-0.2, 0) is 9.53 Å². The summed E-state index contributed by atoms with van der Waals surface area (Å²) in [5.74, 6) is 0.266. The van der Waals surface area contributed by atoms with E-state index in [0.717, 1.165) is 53.0 Å². The third-order valence-corrected chi connectivity index (χ3v) is 5.68. The lowest BCUT2D eigenvalue weighted by atomic mass is 10.0. The number of nitrogens with one attached hydrogen (secondary N) is 3. The molecule has 0 unspecified atom stereocenters. The molecule has 1 fully saturated rings. The van der Waals surface area contributed by atoms with Crippen LogP contribution in [0.25, 0.3) is 22.0 Å². The van der Waals surface area contributed by atoms with Gasteiger partial charge in [0.15, 0.2) is 0 Å². The summed E-state index contributed by atoms with van der Waals surface area (Å²) in [6, 6.07) is 22.1. The van der Waals surface area contributed by atoms with Gasteiger partial charge in [0.05, 0.1) is 18.2 Å². The van der Waals surface area contributed by atoms with Crippen LogP contribution in [0.3, 0.4) is 0 Å². The zero-order chi connectivity index (χ0) is 23.3. The van der Waals surface area contributed by atoms with E-state index >= 15 is 0 Å². The number of nitrogens with zero attached hydrogens (tertiary/aromatic N) is 2. The van der Waals surface area contributed by atoms with Gasteiger partial charge in [-0.3, -0.25) is 4.79 Å². The molecular formula is C27H25N5O2. The van der Waals surface area contributed by atoms with Gasteiger partial charge < -0.3 is 20.7 Å². The van der Waals surface area contributed by atoms with Crippen molar-refractivity contribution < 1.29 is 9.53 Å². The Morgan fingerprint density at radius 1 is 1.03 bits per heavy atom. The number of amides is 1. The molecule has 0 saturated carbocycles. The molecule has 1 aromatic heterocycles.